The van der Waals surface area contributed by atoms with Crippen LogP contribution in [0.5, 0.6) is 0 Å². The van der Waals surface area contributed by atoms with Gasteiger partial charge in [-0.1, -0.05) is 30.3 Å². The standard InChI is InChI=1S/C23H27N5O3S/c1-15(16-7-8-16)25-23(29)27-12-11-18-13-19(9-10-21(18)27)32(30,31)28-14-20(26-22(28)24)17-5-3-2-4-6-17/h2-6,9-10,13,15-16,20H,7-8,11-12,14H2,1H3,(H2,24,26)(H,25,29)/t15?,20-/m1/s1. The zero-order chi connectivity index (χ0) is 22.5. The van der Waals surface area contributed by atoms with Crippen molar-refractivity contribution in [2.45, 2.75) is 43.2 Å². The first-order valence-corrected chi connectivity index (χ1v) is 12.4. The van der Waals surface area contributed by atoms with Gasteiger partial charge in [-0.05, 0) is 61.4 Å². The Labute approximate surface area is 188 Å². The highest BCUT2D eigenvalue weighted by molar-refractivity contribution is 7.89. The molecule has 0 bridgehead atoms. The number of nitrogens with zero attached hydrogens (tertiary/aromatic N) is 3. The van der Waals surface area contributed by atoms with E-state index in [2.05, 4.69) is 10.3 Å². The lowest BCUT2D eigenvalue weighted by molar-refractivity contribution is 0.242. The number of guanidine groups is 1. The summed E-state index contributed by atoms with van der Waals surface area (Å²) in [7, 11) is -3.85. The minimum absolute atomic E-state index is 0.00517. The third-order valence-electron chi connectivity index (χ3n) is 6.53. The summed E-state index contributed by atoms with van der Waals surface area (Å²) in [6, 6.07) is 14.1. The molecule has 0 radical (unpaired) electrons. The van der Waals surface area contributed by atoms with Crippen LogP contribution in [0.25, 0.3) is 0 Å². The first-order valence-electron chi connectivity index (χ1n) is 11.0. The predicted molar refractivity (Wildman–Crippen MR) is 123 cm³/mol. The highest BCUT2D eigenvalue weighted by Gasteiger charge is 2.36. The lowest BCUT2D eigenvalue weighted by Crippen LogP contribution is -2.44. The van der Waals surface area contributed by atoms with Crippen molar-refractivity contribution in [2.75, 3.05) is 18.0 Å². The second kappa shape index (κ2) is 7.81. The van der Waals surface area contributed by atoms with Crippen molar-refractivity contribution in [3.05, 3.63) is 59.7 Å². The van der Waals surface area contributed by atoms with Crippen LogP contribution in [0.15, 0.2) is 58.4 Å². The summed E-state index contributed by atoms with van der Waals surface area (Å²) in [4.78, 5) is 18.9. The molecule has 2 heterocycles. The van der Waals surface area contributed by atoms with E-state index in [4.69, 9.17) is 5.73 Å². The topological polar surface area (TPSA) is 108 Å². The number of sulfonamides is 1. The molecule has 2 amide bonds. The Kier molecular flexibility index (Phi) is 5.08. The summed E-state index contributed by atoms with van der Waals surface area (Å²) in [6.07, 6.45) is 2.93. The van der Waals surface area contributed by atoms with Crippen LogP contribution < -0.4 is 16.0 Å². The number of aliphatic imine (C=N–C) groups is 1. The van der Waals surface area contributed by atoms with Crippen molar-refractivity contribution < 1.29 is 13.2 Å². The van der Waals surface area contributed by atoms with Crippen LogP contribution >= 0.6 is 0 Å². The van der Waals surface area contributed by atoms with Crippen molar-refractivity contribution in [2.24, 2.45) is 16.6 Å². The van der Waals surface area contributed by atoms with E-state index >= 15 is 0 Å². The van der Waals surface area contributed by atoms with Gasteiger partial charge in [-0.15, -0.1) is 0 Å². The average Bonchev–Trinajstić information content (AvgIpc) is 3.43. The van der Waals surface area contributed by atoms with Gasteiger partial charge in [-0.2, -0.15) is 0 Å². The molecule has 2 aliphatic heterocycles. The van der Waals surface area contributed by atoms with Crippen molar-refractivity contribution in [1.29, 1.82) is 0 Å². The Morgan fingerprint density at radius 3 is 2.66 bits per heavy atom. The number of rotatable bonds is 5. The van der Waals surface area contributed by atoms with E-state index in [1.165, 1.54) is 4.31 Å². The maximum Gasteiger partial charge on any atom is 0.322 e. The Hall–Kier alpha value is -3.07. The first-order chi connectivity index (χ1) is 15.3. The first kappa shape index (κ1) is 20.8. The van der Waals surface area contributed by atoms with E-state index in [0.717, 1.165) is 29.7 Å². The molecule has 3 aliphatic rings. The number of hydrogen-bond acceptors (Lipinski definition) is 5. The largest absolute Gasteiger partial charge is 0.369 e. The van der Waals surface area contributed by atoms with E-state index in [0.29, 0.717) is 18.9 Å². The quantitative estimate of drug-likeness (QED) is 0.725. The van der Waals surface area contributed by atoms with E-state index in [9.17, 15) is 13.2 Å². The molecule has 9 heteroatoms. The van der Waals surface area contributed by atoms with Crippen LogP contribution in [0.1, 0.15) is 36.9 Å². The fourth-order valence-electron chi connectivity index (χ4n) is 4.46. The average molecular weight is 454 g/mol. The van der Waals surface area contributed by atoms with Gasteiger partial charge in [0.2, 0.25) is 5.96 Å². The highest BCUT2D eigenvalue weighted by Crippen LogP contribution is 2.35. The number of nitrogens with one attached hydrogen (secondary N) is 1. The molecular formula is C23H27N5O3S. The van der Waals surface area contributed by atoms with Gasteiger partial charge in [-0.25, -0.2) is 22.5 Å². The zero-order valence-corrected chi connectivity index (χ0v) is 18.8. The van der Waals surface area contributed by atoms with Gasteiger partial charge in [-0.3, -0.25) is 4.90 Å². The molecule has 2 aromatic rings. The van der Waals surface area contributed by atoms with E-state index < -0.39 is 10.0 Å². The molecule has 2 atom stereocenters. The number of urea groups is 1. The number of hydrogen-bond donors (Lipinski definition) is 2. The number of benzene rings is 2. The molecule has 32 heavy (non-hydrogen) atoms. The molecule has 3 N–H and O–H groups in total. The number of anilines is 1. The monoisotopic (exact) mass is 453 g/mol. The molecule has 0 saturated heterocycles. The predicted octanol–water partition coefficient (Wildman–Crippen LogP) is 2.62. The van der Waals surface area contributed by atoms with Crippen LogP contribution in [-0.2, 0) is 16.4 Å². The van der Waals surface area contributed by atoms with Gasteiger partial charge in [0, 0.05) is 18.3 Å². The van der Waals surface area contributed by atoms with Crippen LogP contribution in [0, 0.1) is 5.92 Å². The Balaban J connectivity index is 1.34. The SMILES string of the molecule is CC(NC(=O)N1CCc2cc(S(=O)(=O)N3C[C@H](c4ccccc4)N=C3N)ccc21)C1CC1. The summed E-state index contributed by atoms with van der Waals surface area (Å²) in [5.74, 6) is 0.565. The van der Waals surface area contributed by atoms with Gasteiger partial charge >= 0.3 is 6.03 Å². The number of carbonyl (C=O) groups is 1. The number of amides is 2. The number of carbonyl (C=O) groups excluding carboxylic acids is 1. The summed E-state index contributed by atoms with van der Waals surface area (Å²) in [5.41, 5.74) is 8.54. The molecule has 1 aliphatic carbocycles. The van der Waals surface area contributed by atoms with E-state index in [1.54, 1.807) is 23.1 Å². The Bertz CT molecular complexity index is 1180. The van der Waals surface area contributed by atoms with Gasteiger partial charge in [0.15, 0.2) is 0 Å². The third kappa shape index (κ3) is 3.70. The second-order valence-electron chi connectivity index (χ2n) is 8.72. The maximum atomic E-state index is 13.3. The highest BCUT2D eigenvalue weighted by atomic mass is 32.2. The number of nitrogens with two attached hydrogens (primary N) is 1. The van der Waals surface area contributed by atoms with Crippen molar-refractivity contribution in [1.82, 2.24) is 9.62 Å². The third-order valence-corrected chi connectivity index (χ3v) is 8.29. The Morgan fingerprint density at radius 2 is 1.94 bits per heavy atom. The zero-order valence-electron chi connectivity index (χ0n) is 17.9. The van der Waals surface area contributed by atoms with Crippen molar-refractivity contribution in [3.8, 4) is 0 Å². The van der Waals surface area contributed by atoms with Gasteiger partial charge in [0.05, 0.1) is 17.5 Å². The van der Waals surface area contributed by atoms with Crippen molar-refractivity contribution in [3.63, 3.8) is 0 Å². The Morgan fingerprint density at radius 1 is 1.19 bits per heavy atom. The second-order valence-corrected chi connectivity index (χ2v) is 10.6. The molecule has 2 aromatic carbocycles. The summed E-state index contributed by atoms with van der Waals surface area (Å²) in [5, 5.41) is 3.07. The molecule has 8 nitrogen and oxygen atoms in total. The molecule has 5 rings (SSSR count). The van der Waals surface area contributed by atoms with Crippen LogP contribution in [0.3, 0.4) is 0 Å². The van der Waals surface area contributed by atoms with E-state index in [1.807, 2.05) is 37.3 Å². The van der Waals surface area contributed by atoms with E-state index in [-0.39, 0.29) is 35.5 Å². The van der Waals surface area contributed by atoms with Gasteiger partial charge in [0.1, 0.15) is 0 Å². The molecule has 1 unspecified atom stereocenters. The van der Waals surface area contributed by atoms with Crippen LogP contribution in [0.2, 0.25) is 0 Å². The fraction of sp³-hybridized carbons (Fsp3) is 0.391. The molecule has 0 spiro atoms. The lowest BCUT2D eigenvalue weighted by Gasteiger charge is -2.22. The fourth-order valence-corrected chi connectivity index (χ4v) is 5.87. The van der Waals surface area contributed by atoms with Gasteiger partial charge < -0.3 is 11.1 Å². The van der Waals surface area contributed by atoms with Crippen molar-refractivity contribution >= 4 is 27.7 Å². The minimum atomic E-state index is -3.85. The van der Waals surface area contributed by atoms with Crippen LogP contribution in [-0.4, -0.2) is 43.8 Å². The molecule has 1 fully saturated rings. The summed E-state index contributed by atoms with van der Waals surface area (Å²) >= 11 is 0. The van der Waals surface area contributed by atoms with Gasteiger partial charge in [0.25, 0.3) is 10.0 Å². The minimum Gasteiger partial charge on any atom is -0.369 e. The maximum absolute atomic E-state index is 13.3. The summed E-state index contributed by atoms with van der Waals surface area (Å²) in [6.45, 7) is 2.74. The molecular weight excluding hydrogens is 426 g/mol. The molecule has 1 saturated carbocycles. The molecule has 0 aromatic heterocycles. The summed E-state index contributed by atoms with van der Waals surface area (Å²) < 4.78 is 27.8. The lowest BCUT2D eigenvalue weighted by atomic mass is 10.1. The molecule has 168 valence electrons. The van der Waals surface area contributed by atoms with Crippen LogP contribution in [0.4, 0.5) is 10.5 Å². The number of fused-ring (bicyclic) bond motifs is 1. The smallest absolute Gasteiger partial charge is 0.322 e. The normalized spacial score (nSPS) is 21.3.